The molecule has 0 radical (unpaired) electrons. The zero-order chi connectivity index (χ0) is 33.7. The molecule has 2 aromatic heterocycles. The summed E-state index contributed by atoms with van der Waals surface area (Å²) >= 11 is 13.3. The van der Waals surface area contributed by atoms with Gasteiger partial charge in [0.2, 0.25) is 11.8 Å². The van der Waals surface area contributed by atoms with Gasteiger partial charge in [-0.05, 0) is 55.0 Å². The van der Waals surface area contributed by atoms with E-state index in [4.69, 9.17) is 32.9 Å². The van der Waals surface area contributed by atoms with E-state index in [9.17, 15) is 14.4 Å². The molecule has 2 heterocycles. The van der Waals surface area contributed by atoms with Crippen molar-refractivity contribution in [3.8, 4) is 11.4 Å². The number of anilines is 1. The number of nitrogens with zero attached hydrogens (tertiary/aromatic N) is 6. The lowest BCUT2D eigenvalue weighted by Crippen LogP contribution is -2.37. The fourth-order valence-corrected chi connectivity index (χ4v) is 5.35. The maximum atomic E-state index is 13.0. The van der Waals surface area contributed by atoms with Gasteiger partial charge in [-0.2, -0.15) is 0 Å². The molecule has 0 bridgehead atoms. The quantitative estimate of drug-likeness (QED) is 0.194. The van der Waals surface area contributed by atoms with Crippen LogP contribution in [0.5, 0.6) is 5.75 Å². The van der Waals surface area contributed by atoms with Gasteiger partial charge in [0.15, 0.2) is 0 Å². The first kappa shape index (κ1) is 33.1. The predicted octanol–water partition coefficient (Wildman–Crippen LogP) is 5.50. The normalized spacial score (nSPS) is 11.1. The highest BCUT2D eigenvalue weighted by Crippen LogP contribution is 2.36. The van der Waals surface area contributed by atoms with Crippen molar-refractivity contribution in [2.45, 2.75) is 13.5 Å². The van der Waals surface area contributed by atoms with Gasteiger partial charge < -0.3 is 19.9 Å². The fraction of sp³-hybridized carbons (Fsp3) is 0.176. The molecule has 0 aliphatic carbocycles. The van der Waals surface area contributed by atoms with E-state index in [0.717, 1.165) is 22.3 Å². The van der Waals surface area contributed by atoms with Gasteiger partial charge >= 0.3 is 0 Å². The van der Waals surface area contributed by atoms with Crippen LogP contribution in [-0.2, 0) is 16.2 Å². The molecule has 1 N–H and O–H groups in total. The summed E-state index contributed by atoms with van der Waals surface area (Å²) in [4.78, 5) is 45.0. The number of para-hydroxylation sites is 1. The van der Waals surface area contributed by atoms with Crippen molar-refractivity contribution in [3.63, 3.8) is 0 Å². The van der Waals surface area contributed by atoms with Crippen LogP contribution in [0.3, 0.4) is 0 Å². The first-order valence-electron chi connectivity index (χ1n) is 14.4. The molecule has 0 aliphatic heterocycles. The summed E-state index contributed by atoms with van der Waals surface area (Å²) in [5, 5.41) is 12.0. The van der Waals surface area contributed by atoms with Gasteiger partial charge in [-0.3, -0.25) is 14.4 Å². The second kappa shape index (κ2) is 14.4. The van der Waals surface area contributed by atoms with Crippen molar-refractivity contribution >= 4 is 63.6 Å². The Morgan fingerprint density at radius 3 is 2.49 bits per heavy atom. The van der Waals surface area contributed by atoms with Crippen molar-refractivity contribution in [3.05, 3.63) is 112 Å². The molecule has 47 heavy (non-hydrogen) atoms. The molecule has 0 spiro atoms. The topological polar surface area (TPSA) is 123 Å². The van der Waals surface area contributed by atoms with Crippen LogP contribution in [0.2, 0.25) is 10.0 Å². The summed E-state index contributed by atoms with van der Waals surface area (Å²) in [6.45, 7) is 1.62. The number of carbonyl (C=O) groups is 3. The highest BCUT2D eigenvalue weighted by Gasteiger charge is 2.20. The highest BCUT2D eigenvalue weighted by molar-refractivity contribution is 6.38. The second-order valence-corrected chi connectivity index (χ2v) is 11.5. The molecule has 13 heteroatoms. The minimum Gasteiger partial charge on any atom is -0.487 e. The van der Waals surface area contributed by atoms with Gasteiger partial charge in [-0.25, -0.2) is 9.67 Å². The van der Waals surface area contributed by atoms with Crippen LogP contribution in [0, 0.1) is 6.92 Å². The van der Waals surface area contributed by atoms with Crippen LogP contribution in [0.15, 0.2) is 79.1 Å². The number of rotatable bonds is 10. The number of aryl methyl sites for hydroxylation is 1. The van der Waals surface area contributed by atoms with Crippen molar-refractivity contribution in [2.24, 2.45) is 0 Å². The molecule has 11 nitrogen and oxygen atoms in total. The predicted molar refractivity (Wildman–Crippen MR) is 182 cm³/mol. The minimum absolute atomic E-state index is 0.00669. The average Bonchev–Trinajstić information content (AvgIpc) is 3.60. The van der Waals surface area contributed by atoms with Crippen molar-refractivity contribution in [1.82, 2.24) is 30.2 Å². The molecule has 0 fully saturated rings. The highest BCUT2D eigenvalue weighted by atomic mass is 35.5. The fourth-order valence-electron chi connectivity index (χ4n) is 4.74. The number of benzene rings is 3. The Labute approximate surface area is 281 Å². The maximum Gasteiger partial charge on any atom is 0.253 e. The number of fused-ring (bicyclic) bond motifs is 1. The van der Waals surface area contributed by atoms with Gasteiger partial charge in [0.1, 0.15) is 17.9 Å². The SMILES string of the molecule is Cc1cc(-n2ccnn2)c2cccc(OCc3c(Cl)ccc(N(C)C(=O)CNC(=O)/C=C/c4ccc(C(=O)N(C)C)cc4)c3Cl)c2n1. The minimum atomic E-state index is -0.456. The van der Waals surface area contributed by atoms with Crippen LogP contribution in [0.1, 0.15) is 27.2 Å². The summed E-state index contributed by atoms with van der Waals surface area (Å²) in [5.41, 5.74) is 4.37. The van der Waals surface area contributed by atoms with E-state index >= 15 is 0 Å². The Hall–Kier alpha value is -5.26. The summed E-state index contributed by atoms with van der Waals surface area (Å²) < 4.78 is 7.86. The van der Waals surface area contributed by atoms with E-state index < -0.39 is 11.8 Å². The molecular weight excluding hydrogens is 641 g/mol. The maximum absolute atomic E-state index is 13.0. The molecule has 0 atom stereocenters. The smallest absolute Gasteiger partial charge is 0.253 e. The van der Waals surface area contributed by atoms with E-state index in [1.54, 1.807) is 86.8 Å². The summed E-state index contributed by atoms with van der Waals surface area (Å²) in [7, 11) is 4.91. The van der Waals surface area contributed by atoms with Crippen LogP contribution >= 0.6 is 23.2 Å². The number of pyridine rings is 1. The number of aromatic nitrogens is 4. The van der Waals surface area contributed by atoms with Gasteiger partial charge in [0.25, 0.3) is 5.91 Å². The Balaban J connectivity index is 1.24. The third kappa shape index (κ3) is 7.59. The molecule has 5 aromatic rings. The van der Waals surface area contributed by atoms with E-state index in [0.29, 0.717) is 33.1 Å². The van der Waals surface area contributed by atoms with Crippen molar-refractivity contribution in [1.29, 1.82) is 0 Å². The number of ether oxygens (including phenoxy) is 1. The van der Waals surface area contributed by atoms with Crippen LogP contribution in [0.4, 0.5) is 5.69 Å². The number of likely N-dealkylation sites (N-methyl/N-ethyl adjacent to an activating group) is 1. The molecule has 5 rings (SSSR count). The van der Waals surface area contributed by atoms with E-state index in [1.807, 2.05) is 25.1 Å². The van der Waals surface area contributed by atoms with Gasteiger partial charge in [0.05, 0.1) is 35.3 Å². The standard InChI is InChI=1S/C34H31Cl2N7O4/c1-21-18-28(43-17-16-38-40-43)24-6-5-7-29(33(24)39-21)47-20-25-26(35)13-14-27(32(25)36)42(4)31(45)19-37-30(44)15-10-22-8-11-23(12-9-22)34(46)41(2)3/h5-18H,19-20H2,1-4H3,(H,37,44)/b15-10+. The van der Waals surface area contributed by atoms with Crippen LogP contribution in [0.25, 0.3) is 22.7 Å². The van der Waals surface area contributed by atoms with Crippen molar-refractivity contribution in [2.75, 3.05) is 32.6 Å². The number of halogens is 2. The largest absolute Gasteiger partial charge is 0.487 e. The molecule has 3 amide bonds. The number of amides is 3. The molecule has 240 valence electrons. The number of hydrogen-bond donors (Lipinski definition) is 1. The van der Waals surface area contributed by atoms with Gasteiger partial charge in [-0.1, -0.05) is 52.7 Å². The van der Waals surface area contributed by atoms with Gasteiger partial charge in [-0.15, -0.1) is 5.10 Å². The Kier molecular flexibility index (Phi) is 10.2. The molecule has 0 saturated heterocycles. The second-order valence-electron chi connectivity index (χ2n) is 10.8. The third-order valence-corrected chi connectivity index (χ3v) is 8.03. The zero-order valence-corrected chi connectivity index (χ0v) is 27.6. The molecular formula is C34H31Cl2N7O4. The Morgan fingerprint density at radius 2 is 1.79 bits per heavy atom. The van der Waals surface area contributed by atoms with E-state index in [2.05, 4.69) is 15.6 Å². The summed E-state index contributed by atoms with van der Waals surface area (Å²) in [6, 6.07) is 17.6. The Morgan fingerprint density at radius 1 is 1.02 bits per heavy atom. The number of carbonyl (C=O) groups excluding carboxylic acids is 3. The lowest BCUT2D eigenvalue weighted by atomic mass is 10.1. The Bertz CT molecular complexity index is 1980. The van der Waals surface area contributed by atoms with E-state index in [-0.39, 0.29) is 24.1 Å². The monoisotopic (exact) mass is 671 g/mol. The van der Waals surface area contributed by atoms with Crippen LogP contribution in [-0.4, -0.2) is 70.3 Å². The molecule has 3 aromatic carbocycles. The van der Waals surface area contributed by atoms with E-state index in [1.165, 1.54) is 15.9 Å². The average molecular weight is 673 g/mol. The van der Waals surface area contributed by atoms with Gasteiger partial charge in [0, 0.05) is 54.4 Å². The molecule has 0 saturated carbocycles. The summed E-state index contributed by atoms with van der Waals surface area (Å²) in [5.74, 6) is -0.452. The zero-order valence-electron chi connectivity index (χ0n) is 26.1. The van der Waals surface area contributed by atoms with Crippen molar-refractivity contribution < 1.29 is 19.1 Å². The molecule has 0 unspecified atom stereocenters. The lowest BCUT2D eigenvalue weighted by molar-refractivity contribution is -0.122. The first-order chi connectivity index (χ1) is 22.5. The molecule has 0 aliphatic rings. The summed E-state index contributed by atoms with van der Waals surface area (Å²) in [6.07, 6.45) is 6.27. The van der Waals surface area contributed by atoms with Crippen LogP contribution < -0.4 is 15.0 Å². The number of nitrogens with one attached hydrogen (secondary N) is 1. The third-order valence-electron chi connectivity index (χ3n) is 7.26. The number of hydrogen-bond acceptors (Lipinski definition) is 7. The first-order valence-corrected chi connectivity index (χ1v) is 15.2. The lowest BCUT2D eigenvalue weighted by Gasteiger charge is -2.21.